The van der Waals surface area contributed by atoms with Crippen molar-refractivity contribution in [3.63, 3.8) is 0 Å². The number of halogens is 1. The molecular formula is C18H20BrN3O4. The molecule has 7 nitrogen and oxygen atoms in total. The first-order valence-corrected chi connectivity index (χ1v) is 8.72. The predicted octanol–water partition coefficient (Wildman–Crippen LogP) is 3.43. The lowest BCUT2D eigenvalue weighted by atomic mass is 10.0. The second-order valence-corrected chi connectivity index (χ2v) is 7.58. The molecule has 0 aliphatic heterocycles. The van der Waals surface area contributed by atoms with Crippen LogP contribution in [0.2, 0.25) is 0 Å². The third-order valence-electron chi connectivity index (χ3n) is 3.26. The molecule has 2 rings (SSSR count). The highest BCUT2D eigenvalue weighted by Crippen LogP contribution is 2.17. The van der Waals surface area contributed by atoms with Gasteiger partial charge in [0.15, 0.2) is 5.82 Å². The normalized spacial score (nSPS) is 12.3. The van der Waals surface area contributed by atoms with Gasteiger partial charge in [-0.1, -0.05) is 24.3 Å². The number of amides is 1. The quantitative estimate of drug-likeness (QED) is 0.766. The number of alkyl carbamates (subject to hydrolysis) is 1. The van der Waals surface area contributed by atoms with Crippen molar-refractivity contribution < 1.29 is 19.4 Å². The Morgan fingerprint density at radius 1 is 1.19 bits per heavy atom. The van der Waals surface area contributed by atoms with E-state index in [4.69, 9.17) is 4.74 Å². The molecular weight excluding hydrogens is 402 g/mol. The van der Waals surface area contributed by atoms with Crippen molar-refractivity contribution in [3.05, 3.63) is 46.7 Å². The molecule has 0 bridgehead atoms. The Kier molecular flexibility index (Phi) is 6.31. The average molecular weight is 422 g/mol. The summed E-state index contributed by atoms with van der Waals surface area (Å²) in [7, 11) is 0. The zero-order chi connectivity index (χ0) is 19.3. The van der Waals surface area contributed by atoms with Crippen LogP contribution in [0, 0.1) is 0 Å². The van der Waals surface area contributed by atoms with Crippen molar-refractivity contribution >= 4 is 28.0 Å². The minimum atomic E-state index is -1.13. The van der Waals surface area contributed by atoms with Crippen LogP contribution in [0.1, 0.15) is 26.3 Å². The number of ether oxygens (including phenoxy) is 1. The SMILES string of the molecule is CC(C)(C)OC(=O)NC(Cc1ccc(-c2ncc(Br)cn2)cc1)C(=O)O. The highest BCUT2D eigenvalue weighted by molar-refractivity contribution is 9.10. The van der Waals surface area contributed by atoms with E-state index in [1.165, 1.54) is 0 Å². The molecule has 0 radical (unpaired) electrons. The molecule has 2 N–H and O–H groups in total. The molecule has 1 heterocycles. The van der Waals surface area contributed by atoms with Gasteiger partial charge in [-0.15, -0.1) is 0 Å². The number of rotatable bonds is 5. The molecule has 26 heavy (non-hydrogen) atoms. The van der Waals surface area contributed by atoms with Gasteiger partial charge in [0.25, 0.3) is 0 Å². The molecule has 8 heteroatoms. The van der Waals surface area contributed by atoms with Crippen LogP contribution in [-0.2, 0) is 16.0 Å². The molecule has 0 fully saturated rings. The third-order valence-corrected chi connectivity index (χ3v) is 3.67. The van der Waals surface area contributed by atoms with Gasteiger partial charge >= 0.3 is 12.1 Å². The second kappa shape index (κ2) is 8.27. The number of carbonyl (C=O) groups is 2. The maximum absolute atomic E-state index is 11.8. The summed E-state index contributed by atoms with van der Waals surface area (Å²) in [5, 5.41) is 11.7. The van der Waals surface area contributed by atoms with Crippen molar-refractivity contribution in [2.75, 3.05) is 0 Å². The first kappa shape index (κ1) is 19.8. The molecule has 0 aliphatic rings. The van der Waals surface area contributed by atoms with E-state index in [2.05, 4.69) is 31.2 Å². The lowest BCUT2D eigenvalue weighted by Gasteiger charge is -2.22. The van der Waals surface area contributed by atoms with Crippen LogP contribution in [0.25, 0.3) is 11.4 Å². The van der Waals surface area contributed by atoms with E-state index in [0.29, 0.717) is 5.82 Å². The first-order chi connectivity index (χ1) is 12.1. The van der Waals surface area contributed by atoms with Gasteiger partial charge in [-0.25, -0.2) is 19.6 Å². The largest absolute Gasteiger partial charge is 0.480 e. The van der Waals surface area contributed by atoms with Gasteiger partial charge in [0.1, 0.15) is 11.6 Å². The van der Waals surface area contributed by atoms with Crippen LogP contribution in [0.3, 0.4) is 0 Å². The number of carboxylic acid groups (broad SMARTS) is 1. The van der Waals surface area contributed by atoms with Crippen LogP contribution in [0.4, 0.5) is 4.79 Å². The summed E-state index contributed by atoms with van der Waals surface area (Å²) in [6, 6.07) is 6.11. The van der Waals surface area contributed by atoms with Crippen molar-refractivity contribution in [2.24, 2.45) is 0 Å². The Bertz CT molecular complexity index is 771. The van der Waals surface area contributed by atoms with E-state index in [1.807, 2.05) is 12.1 Å². The lowest BCUT2D eigenvalue weighted by Crippen LogP contribution is -2.44. The molecule has 0 aliphatic carbocycles. The number of carbonyl (C=O) groups excluding carboxylic acids is 1. The highest BCUT2D eigenvalue weighted by Gasteiger charge is 2.24. The van der Waals surface area contributed by atoms with Crippen LogP contribution in [-0.4, -0.2) is 38.8 Å². The van der Waals surface area contributed by atoms with Gasteiger partial charge in [-0.3, -0.25) is 0 Å². The number of hydrogen-bond acceptors (Lipinski definition) is 5. The highest BCUT2D eigenvalue weighted by atomic mass is 79.9. The average Bonchev–Trinajstić information content (AvgIpc) is 2.54. The monoisotopic (exact) mass is 421 g/mol. The molecule has 0 spiro atoms. The van der Waals surface area contributed by atoms with E-state index in [-0.39, 0.29) is 6.42 Å². The van der Waals surface area contributed by atoms with Gasteiger partial charge < -0.3 is 15.2 Å². The fourth-order valence-electron chi connectivity index (χ4n) is 2.14. The topological polar surface area (TPSA) is 101 Å². The molecule has 1 unspecified atom stereocenters. The Morgan fingerprint density at radius 3 is 2.27 bits per heavy atom. The summed E-state index contributed by atoms with van der Waals surface area (Å²) in [5.74, 6) is -0.558. The number of carboxylic acids is 1. The van der Waals surface area contributed by atoms with Gasteiger partial charge in [0.05, 0.1) is 4.47 Å². The van der Waals surface area contributed by atoms with Crippen molar-refractivity contribution in [3.8, 4) is 11.4 Å². The Morgan fingerprint density at radius 2 is 1.77 bits per heavy atom. The van der Waals surface area contributed by atoms with Crippen molar-refractivity contribution in [1.29, 1.82) is 0 Å². The van der Waals surface area contributed by atoms with E-state index in [9.17, 15) is 14.7 Å². The Balaban J connectivity index is 2.06. The fraction of sp³-hybridized carbons (Fsp3) is 0.333. The summed E-state index contributed by atoms with van der Waals surface area (Å²) < 4.78 is 5.90. The Labute approximate surface area is 159 Å². The molecule has 1 aromatic heterocycles. The van der Waals surface area contributed by atoms with Gasteiger partial charge in [0, 0.05) is 24.4 Å². The van der Waals surface area contributed by atoms with Crippen LogP contribution < -0.4 is 5.32 Å². The van der Waals surface area contributed by atoms with Crippen LogP contribution in [0.5, 0.6) is 0 Å². The number of aromatic nitrogens is 2. The molecule has 2 aromatic rings. The van der Waals surface area contributed by atoms with E-state index >= 15 is 0 Å². The van der Waals surface area contributed by atoms with Crippen LogP contribution >= 0.6 is 15.9 Å². The van der Waals surface area contributed by atoms with E-state index < -0.39 is 23.7 Å². The molecule has 1 amide bonds. The number of nitrogens with one attached hydrogen (secondary N) is 1. The summed E-state index contributed by atoms with van der Waals surface area (Å²) in [6.07, 6.45) is 2.68. The summed E-state index contributed by atoms with van der Waals surface area (Å²) in [4.78, 5) is 31.7. The standard InChI is InChI=1S/C18H20BrN3O4/c1-18(2,3)26-17(25)22-14(16(23)24)8-11-4-6-12(7-5-11)15-20-9-13(19)10-21-15/h4-7,9-10,14H,8H2,1-3H3,(H,22,25)(H,23,24). The Hall–Kier alpha value is -2.48. The third kappa shape index (κ3) is 6.11. The maximum atomic E-state index is 11.8. The molecule has 0 saturated carbocycles. The zero-order valence-electron chi connectivity index (χ0n) is 14.7. The van der Waals surface area contributed by atoms with E-state index in [1.54, 1.807) is 45.3 Å². The minimum Gasteiger partial charge on any atom is -0.480 e. The van der Waals surface area contributed by atoms with Gasteiger partial charge in [-0.2, -0.15) is 0 Å². The zero-order valence-corrected chi connectivity index (χ0v) is 16.3. The molecule has 1 atom stereocenters. The maximum Gasteiger partial charge on any atom is 0.408 e. The summed E-state index contributed by atoms with van der Waals surface area (Å²) >= 11 is 3.28. The van der Waals surface area contributed by atoms with Crippen LogP contribution in [0.15, 0.2) is 41.1 Å². The summed E-state index contributed by atoms with van der Waals surface area (Å²) in [5.41, 5.74) is 0.877. The predicted molar refractivity (Wildman–Crippen MR) is 99.7 cm³/mol. The van der Waals surface area contributed by atoms with Crippen molar-refractivity contribution in [2.45, 2.75) is 38.8 Å². The number of benzene rings is 1. The molecule has 1 aromatic carbocycles. The fourth-order valence-corrected chi connectivity index (χ4v) is 2.34. The first-order valence-electron chi connectivity index (χ1n) is 7.93. The lowest BCUT2D eigenvalue weighted by molar-refractivity contribution is -0.139. The number of hydrogen-bond donors (Lipinski definition) is 2. The van der Waals surface area contributed by atoms with Crippen molar-refractivity contribution in [1.82, 2.24) is 15.3 Å². The number of aliphatic carboxylic acids is 1. The second-order valence-electron chi connectivity index (χ2n) is 6.66. The molecule has 138 valence electrons. The minimum absolute atomic E-state index is 0.135. The number of nitrogens with zero attached hydrogens (tertiary/aromatic N) is 2. The summed E-state index contributed by atoms with van der Waals surface area (Å²) in [6.45, 7) is 5.14. The van der Waals surface area contributed by atoms with E-state index in [0.717, 1.165) is 15.6 Å². The van der Waals surface area contributed by atoms with Gasteiger partial charge in [-0.05, 0) is 42.3 Å². The molecule has 0 saturated heterocycles. The smallest absolute Gasteiger partial charge is 0.408 e. The van der Waals surface area contributed by atoms with Gasteiger partial charge in [0.2, 0.25) is 0 Å².